The van der Waals surface area contributed by atoms with Crippen molar-refractivity contribution in [2.24, 2.45) is 0 Å². The van der Waals surface area contributed by atoms with Crippen LogP contribution in [0.2, 0.25) is 0 Å². The lowest BCUT2D eigenvalue weighted by Gasteiger charge is -2.06. The molecule has 58 valence electrons. The maximum atomic E-state index is 10.4. The van der Waals surface area contributed by atoms with Gasteiger partial charge in [0, 0.05) is 13.5 Å². The Labute approximate surface area is 60.4 Å². The van der Waals surface area contributed by atoms with Crippen LogP contribution in [0.1, 0.15) is 26.2 Å². The van der Waals surface area contributed by atoms with Crippen molar-refractivity contribution in [2.45, 2.75) is 31.8 Å². The van der Waals surface area contributed by atoms with E-state index in [1.807, 2.05) is 0 Å². The smallest absolute Gasteiger partial charge is 0.216 e. The lowest BCUT2D eigenvalue weighted by molar-refractivity contribution is -0.119. The van der Waals surface area contributed by atoms with Crippen LogP contribution in [0.25, 0.3) is 0 Å². The number of amides is 1. The van der Waals surface area contributed by atoms with Crippen LogP contribution in [0.15, 0.2) is 0 Å². The van der Waals surface area contributed by atoms with E-state index in [4.69, 9.17) is 0 Å². The van der Waals surface area contributed by atoms with Gasteiger partial charge in [-0.25, -0.2) is 0 Å². The minimum absolute atomic E-state index is 0.0238. The molecule has 10 heavy (non-hydrogen) atoms. The number of aliphatic hydroxyl groups is 1. The molecule has 0 saturated heterocycles. The summed E-state index contributed by atoms with van der Waals surface area (Å²) >= 11 is 0. The quantitative estimate of drug-likeness (QED) is 0.586. The van der Waals surface area contributed by atoms with Gasteiger partial charge < -0.3 is 10.4 Å². The Balaban J connectivity index is 2.00. The minimum atomic E-state index is -0.428. The first-order valence-corrected chi connectivity index (χ1v) is 3.59. The molecule has 3 heteroatoms. The molecule has 1 aliphatic carbocycles. The van der Waals surface area contributed by atoms with Gasteiger partial charge in [0.15, 0.2) is 0 Å². The van der Waals surface area contributed by atoms with Crippen molar-refractivity contribution < 1.29 is 9.90 Å². The topological polar surface area (TPSA) is 49.3 Å². The summed E-state index contributed by atoms with van der Waals surface area (Å²) in [6.45, 7) is 2.09. The number of carbonyl (C=O) groups is 1. The van der Waals surface area contributed by atoms with Crippen molar-refractivity contribution in [2.75, 3.05) is 6.54 Å². The Morgan fingerprint density at radius 2 is 2.30 bits per heavy atom. The van der Waals surface area contributed by atoms with Crippen molar-refractivity contribution in [1.29, 1.82) is 0 Å². The second-order valence-electron chi connectivity index (χ2n) is 2.96. The van der Waals surface area contributed by atoms with Gasteiger partial charge in [-0.15, -0.1) is 0 Å². The molecule has 1 fully saturated rings. The second kappa shape index (κ2) is 2.58. The van der Waals surface area contributed by atoms with Crippen LogP contribution in [-0.4, -0.2) is 23.2 Å². The van der Waals surface area contributed by atoms with Gasteiger partial charge in [0.05, 0.1) is 5.60 Å². The normalized spacial score (nSPS) is 20.2. The van der Waals surface area contributed by atoms with Crippen molar-refractivity contribution in [3.8, 4) is 0 Å². The molecule has 0 aliphatic heterocycles. The van der Waals surface area contributed by atoms with E-state index in [-0.39, 0.29) is 5.91 Å². The summed E-state index contributed by atoms with van der Waals surface area (Å²) in [5.74, 6) is -0.0238. The van der Waals surface area contributed by atoms with E-state index in [1.54, 1.807) is 0 Å². The fourth-order valence-corrected chi connectivity index (χ4v) is 0.865. The third kappa shape index (κ3) is 2.35. The summed E-state index contributed by atoms with van der Waals surface area (Å²) in [6, 6.07) is 0. The molecular formula is C7H13NO2. The molecule has 1 aliphatic rings. The highest BCUT2D eigenvalue weighted by Crippen LogP contribution is 2.37. The summed E-state index contributed by atoms with van der Waals surface area (Å²) in [7, 11) is 0. The summed E-state index contributed by atoms with van der Waals surface area (Å²) in [5.41, 5.74) is -0.428. The molecule has 2 N–H and O–H groups in total. The predicted octanol–water partition coefficient (Wildman–Crippen LogP) is 0.0375. The molecule has 0 aromatic rings. The summed E-state index contributed by atoms with van der Waals surface area (Å²) in [4.78, 5) is 10.4. The maximum absolute atomic E-state index is 10.4. The molecular weight excluding hydrogens is 130 g/mol. The van der Waals surface area contributed by atoms with E-state index in [2.05, 4.69) is 5.32 Å². The van der Waals surface area contributed by atoms with Crippen LogP contribution >= 0.6 is 0 Å². The van der Waals surface area contributed by atoms with Gasteiger partial charge >= 0.3 is 0 Å². The molecule has 0 aromatic carbocycles. The van der Waals surface area contributed by atoms with E-state index in [0.29, 0.717) is 13.0 Å². The van der Waals surface area contributed by atoms with Crippen LogP contribution in [0.3, 0.4) is 0 Å². The number of rotatable bonds is 3. The largest absolute Gasteiger partial charge is 0.390 e. The fraction of sp³-hybridized carbons (Fsp3) is 0.857. The summed E-state index contributed by atoms with van der Waals surface area (Å²) in [5, 5.41) is 11.9. The van der Waals surface area contributed by atoms with Crippen molar-refractivity contribution in [3.05, 3.63) is 0 Å². The Hall–Kier alpha value is -0.570. The molecule has 1 saturated carbocycles. The van der Waals surface area contributed by atoms with E-state index < -0.39 is 5.60 Å². The molecule has 0 atom stereocenters. The Morgan fingerprint density at radius 3 is 2.70 bits per heavy atom. The van der Waals surface area contributed by atoms with Crippen LogP contribution in [-0.2, 0) is 4.79 Å². The van der Waals surface area contributed by atoms with Gasteiger partial charge in [0.25, 0.3) is 0 Å². The van der Waals surface area contributed by atoms with Gasteiger partial charge in [-0.3, -0.25) is 4.79 Å². The molecule has 0 heterocycles. The van der Waals surface area contributed by atoms with Crippen LogP contribution < -0.4 is 5.32 Å². The first kappa shape index (κ1) is 7.54. The predicted molar refractivity (Wildman–Crippen MR) is 37.5 cm³/mol. The molecule has 0 unspecified atom stereocenters. The van der Waals surface area contributed by atoms with E-state index in [1.165, 1.54) is 6.92 Å². The Kier molecular flexibility index (Phi) is 1.94. The summed E-state index contributed by atoms with van der Waals surface area (Å²) in [6.07, 6.45) is 2.49. The van der Waals surface area contributed by atoms with Crippen molar-refractivity contribution >= 4 is 5.91 Å². The average molecular weight is 143 g/mol. The van der Waals surface area contributed by atoms with Gasteiger partial charge in [-0.2, -0.15) is 0 Å². The minimum Gasteiger partial charge on any atom is -0.390 e. The highest BCUT2D eigenvalue weighted by molar-refractivity contribution is 5.72. The molecule has 0 aromatic heterocycles. The van der Waals surface area contributed by atoms with Gasteiger partial charge in [-0.1, -0.05) is 0 Å². The zero-order valence-electron chi connectivity index (χ0n) is 6.18. The average Bonchev–Trinajstić information content (AvgIpc) is 2.47. The zero-order valence-corrected chi connectivity index (χ0v) is 6.18. The molecule has 1 rings (SSSR count). The second-order valence-corrected chi connectivity index (χ2v) is 2.96. The fourth-order valence-electron chi connectivity index (χ4n) is 0.865. The number of carbonyl (C=O) groups excluding carboxylic acids is 1. The van der Waals surface area contributed by atoms with E-state index >= 15 is 0 Å². The molecule has 1 amide bonds. The number of nitrogens with one attached hydrogen (secondary N) is 1. The van der Waals surface area contributed by atoms with Crippen LogP contribution in [0, 0.1) is 0 Å². The molecule has 0 spiro atoms. The third-order valence-electron chi connectivity index (χ3n) is 1.79. The van der Waals surface area contributed by atoms with E-state index in [9.17, 15) is 9.90 Å². The number of hydrogen-bond donors (Lipinski definition) is 2. The molecule has 0 radical (unpaired) electrons. The first-order chi connectivity index (χ1) is 4.62. The first-order valence-electron chi connectivity index (χ1n) is 3.59. The highest BCUT2D eigenvalue weighted by atomic mass is 16.3. The van der Waals surface area contributed by atoms with Gasteiger partial charge in [0.2, 0.25) is 5.91 Å². The third-order valence-corrected chi connectivity index (χ3v) is 1.79. The lowest BCUT2D eigenvalue weighted by Crippen LogP contribution is -2.25. The van der Waals surface area contributed by atoms with Crippen molar-refractivity contribution in [1.82, 2.24) is 5.32 Å². The summed E-state index contributed by atoms with van der Waals surface area (Å²) < 4.78 is 0. The standard InChI is InChI=1S/C7H13NO2/c1-6(9)8-5-4-7(10)2-3-7/h10H,2-5H2,1H3,(H,8,9). The van der Waals surface area contributed by atoms with Gasteiger partial charge in [-0.05, 0) is 19.3 Å². The maximum Gasteiger partial charge on any atom is 0.216 e. The zero-order chi connectivity index (χ0) is 7.61. The molecule has 0 bridgehead atoms. The van der Waals surface area contributed by atoms with Crippen LogP contribution in [0.5, 0.6) is 0 Å². The monoisotopic (exact) mass is 143 g/mol. The molecule has 3 nitrogen and oxygen atoms in total. The Morgan fingerprint density at radius 1 is 1.70 bits per heavy atom. The number of hydrogen-bond acceptors (Lipinski definition) is 2. The SMILES string of the molecule is CC(=O)NCCC1(O)CC1. The van der Waals surface area contributed by atoms with Gasteiger partial charge in [0.1, 0.15) is 0 Å². The van der Waals surface area contributed by atoms with Crippen LogP contribution in [0.4, 0.5) is 0 Å². The Bertz CT molecular complexity index is 141. The highest BCUT2D eigenvalue weighted by Gasteiger charge is 2.39. The van der Waals surface area contributed by atoms with E-state index in [0.717, 1.165) is 12.8 Å². The van der Waals surface area contributed by atoms with Crippen molar-refractivity contribution in [3.63, 3.8) is 0 Å². The lowest BCUT2D eigenvalue weighted by atomic mass is 10.2.